The molecule has 1 aromatic carbocycles. The number of likely N-dealkylation sites (tertiary alicyclic amines) is 1. The quantitative estimate of drug-likeness (QED) is 0.800. The van der Waals surface area contributed by atoms with Crippen LogP contribution in [0, 0.1) is 0 Å². The molecule has 1 aliphatic rings. The minimum absolute atomic E-state index is 0.274. The van der Waals surface area contributed by atoms with E-state index in [2.05, 4.69) is 16.3 Å². The summed E-state index contributed by atoms with van der Waals surface area (Å²) in [7, 11) is 0. The lowest BCUT2D eigenvalue weighted by atomic mass is 10.1. The van der Waals surface area contributed by atoms with Gasteiger partial charge < -0.3 is 9.73 Å². The Morgan fingerprint density at radius 2 is 1.96 bits per heavy atom. The summed E-state index contributed by atoms with van der Waals surface area (Å²) in [5, 5.41) is 4.89. The van der Waals surface area contributed by atoms with Crippen LogP contribution in [0.15, 0.2) is 41.0 Å². The number of hydrogen-bond donors (Lipinski definition) is 1. The molecule has 0 spiro atoms. The third kappa shape index (κ3) is 4.51. The zero-order chi connectivity index (χ0) is 16.1. The van der Waals surface area contributed by atoms with Crippen LogP contribution in [0.2, 0.25) is 10.0 Å². The summed E-state index contributed by atoms with van der Waals surface area (Å²) in [5.74, 6) is 1.03. The molecule has 1 N–H and O–H groups in total. The molecular weight excluding hydrogens is 331 g/mol. The molecule has 3 rings (SSSR count). The molecular formula is C18H22Cl2N2O. The van der Waals surface area contributed by atoms with Crippen molar-refractivity contribution in [1.82, 2.24) is 10.2 Å². The van der Waals surface area contributed by atoms with Gasteiger partial charge in [0, 0.05) is 23.1 Å². The summed E-state index contributed by atoms with van der Waals surface area (Å²) in [6, 6.07) is 9.93. The van der Waals surface area contributed by atoms with Gasteiger partial charge in [-0.3, -0.25) is 4.90 Å². The minimum atomic E-state index is 0.274. The van der Waals surface area contributed by atoms with E-state index in [9.17, 15) is 0 Å². The predicted octanol–water partition coefficient (Wildman–Crippen LogP) is 4.90. The summed E-state index contributed by atoms with van der Waals surface area (Å²) in [5.41, 5.74) is 1.06. The second-order valence-corrected chi connectivity index (χ2v) is 6.84. The number of furan rings is 1. The molecule has 1 aliphatic heterocycles. The van der Waals surface area contributed by atoms with E-state index in [1.807, 2.05) is 18.2 Å². The molecule has 124 valence electrons. The van der Waals surface area contributed by atoms with Gasteiger partial charge in [-0.2, -0.15) is 0 Å². The van der Waals surface area contributed by atoms with Crippen LogP contribution in [-0.2, 0) is 6.54 Å². The fourth-order valence-electron chi connectivity index (χ4n) is 3.13. The normalized spacial score (nSPS) is 17.3. The molecule has 1 fully saturated rings. The van der Waals surface area contributed by atoms with Gasteiger partial charge in [-0.25, -0.2) is 0 Å². The molecule has 1 saturated heterocycles. The van der Waals surface area contributed by atoms with Crippen molar-refractivity contribution in [3.05, 3.63) is 58.0 Å². The Bertz CT molecular complexity index is 609. The molecule has 0 bridgehead atoms. The first kappa shape index (κ1) is 16.8. The van der Waals surface area contributed by atoms with Crippen molar-refractivity contribution in [2.45, 2.75) is 31.8 Å². The number of nitrogens with zero attached hydrogens (tertiary/aromatic N) is 1. The standard InChI is InChI=1S/C18H22Cl2N2O/c19-15-7-6-14(16(20)11-15)12-21-13-17(18-5-4-10-23-18)22-8-2-1-3-9-22/h4-7,10-11,17,21H,1-3,8-9,12-13H2. The fraction of sp³-hybridized carbons (Fsp3) is 0.444. The number of benzene rings is 1. The largest absolute Gasteiger partial charge is 0.468 e. The molecule has 23 heavy (non-hydrogen) atoms. The fourth-order valence-corrected chi connectivity index (χ4v) is 3.60. The number of nitrogens with one attached hydrogen (secondary N) is 1. The molecule has 0 amide bonds. The maximum atomic E-state index is 6.24. The number of rotatable bonds is 6. The van der Waals surface area contributed by atoms with E-state index in [0.29, 0.717) is 10.0 Å². The summed E-state index contributed by atoms with van der Waals surface area (Å²) in [6.45, 7) is 3.83. The Balaban J connectivity index is 1.62. The van der Waals surface area contributed by atoms with E-state index in [-0.39, 0.29) is 6.04 Å². The Labute approximate surface area is 147 Å². The molecule has 3 nitrogen and oxygen atoms in total. The van der Waals surface area contributed by atoms with Crippen LogP contribution >= 0.6 is 23.2 Å². The van der Waals surface area contributed by atoms with Gasteiger partial charge in [-0.05, 0) is 55.8 Å². The van der Waals surface area contributed by atoms with Crippen LogP contribution in [-0.4, -0.2) is 24.5 Å². The molecule has 0 saturated carbocycles. The minimum Gasteiger partial charge on any atom is -0.468 e. The first-order valence-corrected chi connectivity index (χ1v) is 8.92. The van der Waals surface area contributed by atoms with Crippen LogP contribution in [0.1, 0.15) is 36.6 Å². The van der Waals surface area contributed by atoms with Gasteiger partial charge in [0.15, 0.2) is 0 Å². The van der Waals surface area contributed by atoms with Crippen LogP contribution in [0.3, 0.4) is 0 Å². The average molecular weight is 353 g/mol. The van der Waals surface area contributed by atoms with Gasteiger partial charge in [-0.15, -0.1) is 0 Å². The van der Waals surface area contributed by atoms with Gasteiger partial charge >= 0.3 is 0 Å². The predicted molar refractivity (Wildman–Crippen MR) is 95.0 cm³/mol. The maximum Gasteiger partial charge on any atom is 0.122 e. The zero-order valence-electron chi connectivity index (χ0n) is 13.1. The number of hydrogen-bond acceptors (Lipinski definition) is 3. The van der Waals surface area contributed by atoms with Gasteiger partial charge in [0.05, 0.1) is 12.3 Å². The van der Waals surface area contributed by atoms with Crippen molar-refractivity contribution in [2.24, 2.45) is 0 Å². The van der Waals surface area contributed by atoms with Crippen LogP contribution in [0.5, 0.6) is 0 Å². The maximum absolute atomic E-state index is 6.24. The van der Waals surface area contributed by atoms with Gasteiger partial charge in [0.2, 0.25) is 0 Å². The summed E-state index contributed by atoms with van der Waals surface area (Å²) >= 11 is 12.2. The van der Waals surface area contributed by atoms with Crippen LogP contribution < -0.4 is 5.32 Å². The van der Waals surface area contributed by atoms with E-state index in [4.69, 9.17) is 27.6 Å². The Morgan fingerprint density at radius 3 is 2.65 bits per heavy atom. The van der Waals surface area contributed by atoms with Crippen molar-refractivity contribution in [3.8, 4) is 0 Å². The molecule has 1 aromatic heterocycles. The van der Waals surface area contributed by atoms with E-state index in [1.165, 1.54) is 19.3 Å². The summed E-state index contributed by atoms with van der Waals surface area (Å²) < 4.78 is 5.67. The lowest BCUT2D eigenvalue weighted by Crippen LogP contribution is -2.38. The Morgan fingerprint density at radius 1 is 1.13 bits per heavy atom. The van der Waals surface area contributed by atoms with Crippen LogP contribution in [0.4, 0.5) is 0 Å². The van der Waals surface area contributed by atoms with E-state index in [0.717, 1.165) is 37.5 Å². The molecule has 1 unspecified atom stereocenters. The monoisotopic (exact) mass is 352 g/mol. The Hall–Kier alpha value is -1.00. The van der Waals surface area contributed by atoms with Crippen molar-refractivity contribution in [1.29, 1.82) is 0 Å². The zero-order valence-corrected chi connectivity index (χ0v) is 14.6. The summed E-state index contributed by atoms with van der Waals surface area (Å²) in [4.78, 5) is 2.51. The molecule has 2 aromatic rings. The second-order valence-electron chi connectivity index (χ2n) is 5.99. The second kappa shape index (κ2) is 8.20. The first-order chi connectivity index (χ1) is 11.2. The molecule has 1 atom stereocenters. The van der Waals surface area contributed by atoms with Gasteiger partial charge in [0.1, 0.15) is 5.76 Å². The van der Waals surface area contributed by atoms with Crippen LogP contribution in [0.25, 0.3) is 0 Å². The van der Waals surface area contributed by atoms with E-state index >= 15 is 0 Å². The van der Waals surface area contributed by atoms with Crippen molar-refractivity contribution < 1.29 is 4.42 Å². The smallest absolute Gasteiger partial charge is 0.122 e. The molecule has 2 heterocycles. The molecule has 0 aliphatic carbocycles. The topological polar surface area (TPSA) is 28.4 Å². The van der Waals surface area contributed by atoms with Crippen molar-refractivity contribution in [2.75, 3.05) is 19.6 Å². The number of halogens is 2. The third-order valence-electron chi connectivity index (χ3n) is 4.37. The summed E-state index contributed by atoms with van der Waals surface area (Å²) in [6.07, 6.45) is 5.61. The SMILES string of the molecule is Clc1ccc(CNCC(c2ccco2)N2CCCCC2)c(Cl)c1. The average Bonchev–Trinajstić information content (AvgIpc) is 3.08. The van der Waals surface area contributed by atoms with E-state index in [1.54, 1.807) is 12.3 Å². The highest BCUT2D eigenvalue weighted by Gasteiger charge is 2.24. The highest BCUT2D eigenvalue weighted by atomic mass is 35.5. The lowest BCUT2D eigenvalue weighted by Gasteiger charge is -2.33. The van der Waals surface area contributed by atoms with Crippen molar-refractivity contribution >= 4 is 23.2 Å². The Kier molecular flexibility index (Phi) is 6.01. The van der Waals surface area contributed by atoms with E-state index < -0.39 is 0 Å². The lowest BCUT2D eigenvalue weighted by molar-refractivity contribution is 0.142. The molecule has 0 radical (unpaired) electrons. The number of piperidine rings is 1. The first-order valence-electron chi connectivity index (χ1n) is 8.16. The van der Waals surface area contributed by atoms with Gasteiger partial charge in [0.25, 0.3) is 0 Å². The van der Waals surface area contributed by atoms with Crippen molar-refractivity contribution in [3.63, 3.8) is 0 Å². The van der Waals surface area contributed by atoms with Gasteiger partial charge in [-0.1, -0.05) is 35.7 Å². The highest BCUT2D eigenvalue weighted by Crippen LogP contribution is 2.25. The highest BCUT2D eigenvalue weighted by molar-refractivity contribution is 6.35. The molecule has 5 heteroatoms. The third-order valence-corrected chi connectivity index (χ3v) is 4.96.